The zero-order valence-electron chi connectivity index (χ0n) is 9.15. The summed E-state index contributed by atoms with van der Waals surface area (Å²) in [7, 11) is 0. The molecule has 0 heterocycles. The van der Waals surface area contributed by atoms with Gasteiger partial charge < -0.3 is 10.2 Å². The van der Waals surface area contributed by atoms with Gasteiger partial charge in [-0.3, -0.25) is 4.79 Å². The average molecular weight is 220 g/mol. The highest BCUT2D eigenvalue weighted by Gasteiger charge is 2.43. The van der Waals surface area contributed by atoms with E-state index in [4.69, 9.17) is 5.11 Å². The minimum atomic E-state index is -0.766. The second-order valence-electron chi connectivity index (χ2n) is 4.53. The lowest BCUT2D eigenvalue weighted by Gasteiger charge is -2.12. The monoisotopic (exact) mass is 220 g/mol. The number of aliphatic hydroxyl groups is 1. The third-order valence-corrected chi connectivity index (χ3v) is 3.35. The van der Waals surface area contributed by atoms with Gasteiger partial charge in [-0.2, -0.15) is 0 Å². The van der Waals surface area contributed by atoms with Gasteiger partial charge in [0.15, 0.2) is 0 Å². The van der Waals surface area contributed by atoms with Gasteiger partial charge in [-0.15, -0.1) is 0 Å². The van der Waals surface area contributed by atoms with Gasteiger partial charge in [0.25, 0.3) is 0 Å². The van der Waals surface area contributed by atoms with Gasteiger partial charge in [-0.1, -0.05) is 24.3 Å². The largest absolute Gasteiger partial charge is 0.481 e. The van der Waals surface area contributed by atoms with Gasteiger partial charge >= 0.3 is 5.97 Å². The van der Waals surface area contributed by atoms with Crippen LogP contribution in [0.5, 0.6) is 0 Å². The van der Waals surface area contributed by atoms with Crippen LogP contribution in [0, 0.1) is 0 Å². The lowest BCUT2D eigenvalue weighted by molar-refractivity contribution is -0.136. The minimum Gasteiger partial charge on any atom is -0.481 e. The molecule has 1 aromatic rings. The normalized spacial score (nSPS) is 17.1. The summed E-state index contributed by atoms with van der Waals surface area (Å²) in [6, 6.07) is 7.96. The zero-order chi connectivity index (χ0) is 11.6. The van der Waals surface area contributed by atoms with Crippen molar-refractivity contribution in [3.8, 4) is 0 Å². The number of aryl methyl sites for hydroxylation is 1. The quantitative estimate of drug-likeness (QED) is 0.794. The molecular weight excluding hydrogens is 204 g/mol. The van der Waals surface area contributed by atoms with Crippen LogP contribution in [0.4, 0.5) is 0 Å². The van der Waals surface area contributed by atoms with Gasteiger partial charge in [0.1, 0.15) is 0 Å². The Bertz CT molecular complexity index is 377. The van der Waals surface area contributed by atoms with E-state index in [-0.39, 0.29) is 18.4 Å². The van der Waals surface area contributed by atoms with E-state index in [1.165, 1.54) is 5.56 Å². The number of carboxylic acids is 1. The number of hydrogen-bond acceptors (Lipinski definition) is 2. The molecule has 1 aromatic carbocycles. The first-order valence-electron chi connectivity index (χ1n) is 5.58. The van der Waals surface area contributed by atoms with Crippen molar-refractivity contribution >= 4 is 5.97 Å². The second-order valence-corrected chi connectivity index (χ2v) is 4.53. The van der Waals surface area contributed by atoms with E-state index < -0.39 is 5.97 Å². The molecule has 1 aliphatic rings. The highest BCUT2D eigenvalue weighted by atomic mass is 16.4. The molecule has 3 heteroatoms. The van der Waals surface area contributed by atoms with Crippen molar-refractivity contribution in [3.05, 3.63) is 35.4 Å². The SMILES string of the molecule is O=C(O)CCc1ccc(C2(CO)CC2)cc1. The molecule has 0 bridgehead atoms. The van der Waals surface area contributed by atoms with Crippen molar-refractivity contribution in [1.82, 2.24) is 0 Å². The third kappa shape index (κ3) is 2.25. The second kappa shape index (κ2) is 4.26. The minimum absolute atomic E-state index is 0.00529. The van der Waals surface area contributed by atoms with Crippen LogP contribution in [0.2, 0.25) is 0 Å². The Morgan fingerprint density at radius 2 is 1.88 bits per heavy atom. The molecule has 1 aliphatic carbocycles. The smallest absolute Gasteiger partial charge is 0.303 e. The molecule has 2 rings (SSSR count). The molecule has 16 heavy (non-hydrogen) atoms. The van der Waals surface area contributed by atoms with Crippen molar-refractivity contribution in [2.75, 3.05) is 6.61 Å². The summed E-state index contributed by atoms with van der Waals surface area (Å²) in [5.41, 5.74) is 2.22. The standard InChI is InChI=1S/C13H16O3/c14-9-13(7-8-13)11-4-1-10(2-5-11)3-6-12(15)16/h1-2,4-5,14H,3,6-9H2,(H,15,16). The van der Waals surface area contributed by atoms with Crippen LogP contribution in [0.15, 0.2) is 24.3 Å². The summed E-state index contributed by atoms with van der Waals surface area (Å²) in [5.74, 6) is -0.766. The molecule has 0 atom stereocenters. The average Bonchev–Trinajstić information content (AvgIpc) is 3.08. The molecular formula is C13H16O3. The van der Waals surface area contributed by atoms with E-state index in [2.05, 4.69) is 0 Å². The first kappa shape index (κ1) is 11.1. The Morgan fingerprint density at radius 1 is 1.25 bits per heavy atom. The van der Waals surface area contributed by atoms with Crippen molar-refractivity contribution in [3.63, 3.8) is 0 Å². The molecule has 2 N–H and O–H groups in total. The highest BCUT2D eigenvalue weighted by molar-refractivity contribution is 5.67. The number of rotatable bonds is 5. The summed E-state index contributed by atoms with van der Waals surface area (Å²) in [6.45, 7) is 0.210. The van der Waals surface area contributed by atoms with Crippen LogP contribution in [-0.4, -0.2) is 22.8 Å². The van der Waals surface area contributed by atoms with Crippen LogP contribution in [-0.2, 0) is 16.6 Å². The van der Waals surface area contributed by atoms with Gasteiger partial charge in [0.05, 0.1) is 6.61 Å². The molecule has 1 fully saturated rings. The summed E-state index contributed by atoms with van der Waals surface area (Å²) in [4.78, 5) is 10.4. The molecule has 86 valence electrons. The van der Waals surface area contributed by atoms with Crippen molar-refractivity contribution in [2.45, 2.75) is 31.1 Å². The predicted octanol–water partition coefficient (Wildman–Crippen LogP) is 1.73. The number of benzene rings is 1. The van der Waals surface area contributed by atoms with Crippen molar-refractivity contribution in [1.29, 1.82) is 0 Å². The topological polar surface area (TPSA) is 57.5 Å². The molecule has 0 radical (unpaired) electrons. The van der Waals surface area contributed by atoms with Gasteiger partial charge in [-0.05, 0) is 30.4 Å². The number of carbonyl (C=O) groups is 1. The fourth-order valence-electron chi connectivity index (χ4n) is 1.97. The van der Waals surface area contributed by atoms with Gasteiger partial charge in [0.2, 0.25) is 0 Å². The number of hydrogen-bond donors (Lipinski definition) is 2. The van der Waals surface area contributed by atoms with E-state index in [0.717, 1.165) is 18.4 Å². The van der Waals surface area contributed by atoms with E-state index in [9.17, 15) is 9.90 Å². The highest BCUT2D eigenvalue weighted by Crippen LogP contribution is 2.47. The van der Waals surface area contributed by atoms with Gasteiger partial charge in [0, 0.05) is 11.8 Å². The maximum atomic E-state index is 10.4. The van der Waals surface area contributed by atoms with Crippen molar-refractivity contribution < 1.29 is 15.0 Å². The van der Waals surface area contributed by atoms with E-state index in [1.807, 2.05) is 24.3 Å². The molecule has 0 unspecified atom stereocenters. The Morgan fingerprint density at radius 3 is 2.31 bits per heavy atom. The van der Waals surface area contributed by atoms with Crippen LogP contribution < -0.4 is 0 Å². The van der Waals surface area contributed by atoms with E-state index in [1.54, 1.807) is 0 Å². The molecule has 0 aliphatic heterocycles. The Hall–Kier alpha value is -1.35. The molecule has 1 saturated carbocycles. The lowest BCUT2D eigenvalue weighted by atomic mass is 9.95. The van der Waals surface area contributed by atoms with E-state index >= 15 is 0 Å². The predicted molar refractivity (Wildman–Crippen MR) is 60.4 cm³/mol. The fourth-order valence-corrected chi connectivity index (χ4v) is 1.97. The maximum Gasteiger partial charge on any atom is 0.303 e. The number of aliphatic carboxylic acids is 1. The number of aliphatic hydroxyl groups excluding tert-OH is 1. The zero-order valence-corrected chi connectivity index (χ0v) is 9.15. The van der Waals surface area contributed by atoms with E-state index in [0.29, 0.717) is 6.42 Å². The Labute approximate surface area is 94.7 Å². The van der Waals surface area contributed by atoms with Crippen molar-refractivity contribution in [2.24, 2.45) is 0 Å². The summed E-state index contributed by atoms with van der Waals surface area (Å²) < 4.78 is 0. The number of carboxylic acid groups (broad SMARTS) is 1. The third-order valence-electron chi connectivity index (χ3n) is 3.35. The fraction of sp³-hybridized carbons (Fsp3) is 0.462. The summed E-state index contributed by atoms with van der Waals surface area (Å²) >= 11 is 0. The molecule has 0 aromatic heterocycles. The first-order valence-corrected chi connectivity index (χ1v) is 5.58. The Balaban J connectivity index is 2.02. The van der Waals surface area contributed by atoms with Crippen LogP contribution in [0.25, 0.3) is 0 Å². The Kier molecular flexibility index (Phi) is 2.97. The maximum absolute atomic E-state index is 10.4. The lowest BCUT2D eigenvalue weighted by Crippen LogP contribution is -2.11. The molecule has 0 saturated heterocycles. The summed E-state index contributed by atoms with van der Waals surface area (Å²) in [6.07, 6.45) is 2.85. The molecule has 0 amide bonds. The summed E-state index contributed by atoms with van der Waals surface area (Å²) in [5, 5.41) is 17.9. The van der Waals surface area contributed by atoms with Gasteiger partial charge in [-0.25, -0.2) is 0 Å². The van der Waals surface area contributed by atoms with Crippen LogP contribution in [0.1, 0.15) is 30.4 Å². The molecule has 0 spiro atoms. The van der Waals surface area contributed by atoms with Crippen LogP contribution >= 0.6 is 0 Å². The molecule has 3 nitrogen and oxygen atoms in total. The first-order chi connectivity index (χ1) is 7.66. The van der Waals surface area contributed by atoms with Crippen LogP contribution in [0.3, 0.4) is 0 Å².